The lowest BCUT2D eigenvalue weighted by Gasteiger charge is -2.43. The van der Waals surface area contributed by atoms with Gasteiger partial charge in [-0.2, -0.15) is 0 Å². The molecule has 164 valence electrons. The van der Waals surface area contributed by atoms with Crippen LogP contribution in [-0.4, -0.2) is 61.8 Å². The highest BCUT2D eigenvalue weighted by Gasteiger charge is 2.36. The lowest BCUT2D eigenvalue weighted by Crippen LogP contribution is -2.51. The molecule has 1 atom stereocenters. The molecule has 2 aliphatic rings. The molecule has 0 bridgehead atoms. The zero-order valence-corrected chi connectivity index (χ0v) is 18.2. The average molecular weight is 424 g/mol. The van der Waals surface area contributed by atoms with E-state index in [4.69, 9.17) is 0 Å². The molecule has 0 unspecified atom stereocenters. The Morgan fingerprint density at radius 1 is 0.968 bits per heavy atom. The maximum atomic E-state index is 13.1. The number of carbonyl (C=O) groups excluding carboxylic acids is 2. The predicted molar refractivity (Wildman–Crippen MR) is 116 cm³/mol. The maximum absolute atomic E-state index is 13.1. The number of carbonyl (C=O) groups is 2. The van der Waals surface area contributed by atoms with Gasteiger partial charge in [-0.15, -0.1) is 0 Å². The second-order valence-corrected chi connectivity index (χ2v) is 8.60. The summed E-state index contributed by atoms with van der Waals surface area (Å²) in [6.07, 6.45) is 9.65. The van der Waals surface area contributed by atoms with Gasteiger partial charge >= 0.3 is 0 Å². The predicted octanol–water partition coefficient (Wildman–Crippen LogP) is 2.03. The fraction of sp³-hybridized carbons (Fsp3) is 0.522. The molecule has 2 aliphatic heterocycles. The molecule has 2 aromatic heterocycles. The van der Waals surface area contributed by atoms with E-state index < -0.39 is 0 Å². The Morgan fingerprint density at radius 3 is 2.42 bits per heavy atom. The number of pyridine rings is 1. The molecule has 0 radical (unpaired) electrons. The van der Waals surface area contributed by atoms with E-state index in [1.54, 1.807) is 31.7 Å². The molecule has 2 amide bonds. The van der Waals surface area contributed by atoms with Crippen LogP contribution in [0.5, 0.6) is 0 Å². The minimum Gasteiger partial charge on any atom is -0.339 e. The van der Waals surface area contributed by atoms with E-state index in [1.807, 2.05) is 16.7 Å². The lowest BCUT2D eigenvalue weighted by atomic mass is 9.83. The molecule has 2 aromatic rings. The van der Waals surface area contributed by atoms with Crippen molar-refractivity contribution in [2.24, 2.45) is 13.0 Å². The van der Waals surface area contributed by atoms with Crippen LogP contribution in [0.1, 0.15) is 58.6 Å². The van der Waals surface area contributed by atoms with Gasteiger partial charge in [0.25, 0.3) is 11.8 Å². The number of nitrogens with zero attached hydrogens (tertiary/aromatic N) is 5. The molecule has 0 aromatic carbocycles. The molecular formula is C23H29N5O3. The number of hydrogen-bond donors (Lipinski definition) is 0. The Bertz CT molecular complexity index is 1010. The molecule has 8 heteroatoms. The zero-order chi connectivity index (χ0) is 22.0. The van der Waals surface area contributed by atoms with E-state index in [0.717, 1.165) is 44.3 Å². The summed E-state index contributed by atoms with van der Waals surface area (Å²) in [5, 5.41) is 0. The smallest absolute Gasteiger partial charge is 0.274 e. The topological polar surface area (TPSA) is 88.4 Å². The highest BCUT2D eigenvalue weighted by Crippen LogP contribution is 2.31. The molecule has 4 rings (SSSR count). The van der Waals surface area contributed by atoms with E-state index in [2.05, 4.69) is 9.97 Å². The van der Waals surface area contributed by atoms with Crippen molar-refractivity contribution in [3.8, 4) is 0 Å². The van der Waals surface area contributed by atoms with Crippen molar-refractivity contribution in [1.29, 1.82) is 0 Å². The first-order valence-electron chi connectivity index (χ1n) is 11.0. The minimum absolute atomic E-state index is 0.0408. The zero-order valence-electron chi connectivity index (χ0n) is 18.2. The average Bonchev–Trinajstić information content (AvgIpc) is 2.80. The van der Waals surface area contributed by atoms with E-state index in [-0.39, 0.29) is 23.4 Å². The van der Waals surface area contributed by atoms with E-state index in [0.29, 0.717) is 30.3 Å². The first-order chi connectivity index (χ1) is 14.9. The SMILES string of the molecule is Cc1cnc(C(=O)N2CCCC[C@H]2C2CCN(C(=O)c3ccc(=O)n(C)c3)CC2)cn1. The maximum Gasteiger partial charge on any atom is 0.274 e. The third-order valence-electron chi connectivity index (χ3n) is 6.51. The van der Waals surface area contributed by atoms with Crippen LogP contribution < -0.4 is 5.56 Å². The molecule has 2 fully saturated rings. The molecule has 0 saturated carbocycles. The normalized spacial score (nSPS) is 20.0. The Labute approximate surface area is 181 Å². The van der Waals surface area contributed by atoms with Gasteiger partial charge in [-0.25, -0.2) is 4.98 Å². The Balaban J connectivity index is 1.42. The van der Waals surface area contributed by atoms with Crippen LogP contribution in [0.15, 0.2) is 35.5 Å². The molecule has 8 nitrogen and oxygen atoms in total. The van der Waals surface area contributed by atoms with E-state index >= 15 is 0 Å². The number of amides is 2. The van der Waals surface area contributed by atoms with Crippen LogP contribution in [0.4, 0.5) is 0 Å². The van der Waals surface area contributed by atoms with Crippen molar-refractivity contribution in [3.05, 3.63) is 58.0 Å². The second kappa shape index (κ2) is 8.99. The van der Waals surface area contributed by atoms with Gasteiger partial charge in [0.05, 0.1) is 17.5 Å². The molecule has 2 saturated heterocycles. The number of aromatic nitrogens is 3. The monoisotopic (exact) mass is 423 g/mol. The molecule has 0 N–H and O–H groups in total. The summed E-state index contributed by atoms with van der Waals surface area (Å²) in [5.41, 5.74) is 1.60. The fourth-order valence-corrected chi connectivity index (χ4v) is 4.74. The number of hydrogen-bond acceptors (Lipinski definition) is 5. The lowest BCUT2D eigenvalue weighted by molar-refractivity contribution is 0.0370. The summed E-state index contributed by atoms with van der Waals surface area (Å²) in [4.78, 5) is 49.9. The van der Waals surface area contributed by atoms with Crippen molar-refractivity contribution >= 4 is 11.8 Å². The molecule has 31 heavy (non-hydrogen) atoms. The van der Waals surface area contributed by atoms with Gasteiger partial charge in [-0.05, 0) is 51.0 Å². The molecule has 0 aliphatic carbocycles. The summed E-state index contributed by atoms with van der Waals surface area (Å²) in [6, 6.07) is 3.21. The number of likely N-dealkylation sites (tertiary alicyclic amines) is 2. The van der Waals surface area contributed by atoms with Crippen LogP contribution in [0.25, 0.3) is 0 Å². The van der Waals surface area contributed by atoms with Gasteiger partial charge in [-0.1, -0.05) is 0 Å². The van der Waals surface area contributed by atoms with Crippen LogP contribution in [0.2, 0.25) is 0 Å². The van der Waals surface area contributed by atoms with Gasteiger partial charge in [0.15, 0.2) is 0 Å². The van der Waals surface area contributed by atoms with Crippen molar-refractivity contribution < 1.29 is 9.59 Å². The van der Waals surface area contributed by atoms with Gasteiger partial charge < -0.3 is 14.4 Å². The first kappa shape index (κ1) is 21.2. The standard InChI is InChI=1S/C23H29N5O3/c1-16-13-25-19(14-24-16)23(31)28-10-4-3-5-20(28)17-8-11-27(12-9-17)22(30)18-6-7-21(29)26(2)15-18/h6-7,13-15,17,20H,3-5,8-12H2,1-2H3/t20-/m0/s1. The molecule has 4 heterocycles. The number of aryl methyl sites for hydroxylation is 2. The quantitative estimate of drug-likeness (QED) is 0.754. The third kappa shape index (κ3) is 4.52. The molecular weight excluding hydrogens is 394 g/mol. The molecule has 0 spiro atoms. The van der Waals surface area contributed by atoms with Crippen molar-refractivity contribution in [1.82, 2.24) is 24.3 Å². The van der Waals surface area contributed by atoms with Gasteiger partial charge in [0.1, 0.15) is 5.69 Å². The largest absolute Gasteiger partial charge is 0.339 e. The first-order valence-corrected chi connectivity index (χ1v) is 11.0. The van der Waals surface area contributed by atoms with Crippen LogP contribution in [0, 0.1) is 12.8 Å². The summed E-state index contributed by atoms with van der Waals surface area (Å²) in [7, 11) is 1.65. The van der Waals surface area contributed by atoms with E-state index in [1.165, 1.54) is 10.6 Å². The van der Waals surface area contributed by atoms with Crippen LogP contribution >= 0.6 is 0 Å². The van der Waals surface area contributed by atoms with Gasteiger partial charge in [-0.3, -0.25) is 19.4 Å². The van der Waals surface area contributed by atoms with Gasteiger partial charge in [0, 0.05) is 51.2 Å². The highest BCUT2D eigenvalue weighted by atomic mass is 16.2. The number of piperidine rings is 2. The summed E-state index contributed by atoms with van der Waals surface area (Å²) in [5.74, 6) is 0.285. The van der Waals surface area contributed by atoms with Gasteiger partial charge in [0.2, 0.25) is 5.56 Å². The number of rotatable bonds is 3. The minimum atomic E-state index is -0.129. The van der Waals surface area contributed by atoms with Crippen molar-refractivity contribution in [3.63, 3.8) is 0 Å². The fourth-order valence-electron chi connectivity index (χ4n) is 4.74. The second-order valence-electron chi connectivity index (χ2n) is 8.60. The summed E-state index contributed by atoms with van der Waals surface area (Å²) in [6.45, 7) is 3.93. The Morgan fingerprint density at radius 2 is 1.74 bits per heavy atom. The van der Waals surface area contributed by atoms with Crippen molar-refractivity contribution in [2.45, 2.75) is 45.1 Å². The van der Waals surface area contributed by atoms with E-state index in [9.17, 15) is 14.4 Å². The van der Waals surface area contributed by atoms with Crippen LogP contribution in [-0.2, 0) is 7.05 Å². The van der Waals surface area contributed by atoms with Crippen LogP contribution in [0.3, 0.4) is 0 Å². The highest BCUT2D eigenvalue weighted by molar-refractivity contribution is 5.94. The Kier molecular flexibility index (Phi) is 6.15. The van der Waals surface area contributed by atoms with Crippen molar-refractivity contribution in [2.75, 3.05) is 19.6 Å². The third-order valence-corrected chi connectivity index (χ3v) is 6.51. The Hall–Kier alpha value is -3.03. The summed E-state index contributed by atoms with van der Waals surface area (Å²) >= 11 is 0. The summed E-state index contributed by atoms with van der Waals surface area (Å²) < 4.78 is 1.43.